The van der Waals surface area contributed by atoms with Crippen LogP contribution >= 0.6 is 0 Å². The Labute approximate surface area is 121 Å². The number of amides is 1. The van der Waals surface area contributed by atoms with Crippen LogP contribution in [0.2, 0.25) is 0 Å². The molecule has 0 saturated heterocycles. The first-order valence-corrected chi connectivity index (χ1v) is 6.99. The van der Waals surface area contributed by atoms with Gasteiger partial charge in [-0.1, -0.05) is 0 Å². The number of pyridine rings is 2. The number of carbonyl (C=O) groups excluding carboxylic acids is 1. The van der Waals surface area contributed by atoms with Crippen LogP contribution in [0.5, 0.6) is 0 Å². The molecule has 21 heavy (non-hydrogen) atoms. The molecule has 0 aromatic carbocycles. The summed E-state index contributed by atoms with van der Waals surface area (Å²) in [5.41, 5.74) is 2.97. The molecule has 0 spiro atoms. The van der Waals surface area contributed by atoms with Crippen LogP contribution in [0.15, 0.2) is 49.1 Å². The van der Waals surface area contributed by atoms with Gasteiger partial charge in [0.15, 0.2) is 0 Å². The van der Waals surface area contributed by atoms with Crippen molar-refractivity contribution in [1.82, 2.24) is 14.4 Å². The Balaban J connectivity index is 1.65. The summed E-state index contributed by atoms with van der Waals surface area (Å²) >= 11 is 0. The van der Waals surface area contributed by atoms with Crippen molar-refractivity contribution >= 4 is 17.4 Å². The SMILES string of the molecule is O=C(Nc1cc(-c2ccn3ccnc3c2)ccn1)C1CC1. The number of imidazole rings is 1. The molecule has 1 fully saturated rings. The number of rotatable bonds is 3. The molecule has 0 bridgehead atoms. The third-order valence-electron chi connectivity index (χ3n) is 3.69. The van der Waals surface area contributed by atoms with E-state index in [0.29, 0.717) is 5.82 Å². The molecule has 4 rings (SSSR count). The largest absolute Gasteiger partial charge is 0.310 e. The summed E-state index contributed by atoms with van der Waals surface area (Å²) in [6.07, 6.45) is 9.35. The summed E-state index contributed by atoms with van der Waals surface area (Å²) in [4.78, 5) is 20.3. The average molecular weight is 278 g/mol. The van der Waals surface area contributed by atoms with Crippen LogP contribution in [0.4, 0.5) is 5.82 Å². The molecule has 5 nitrogen and oxygen atoms in total. The minimum absolute atomic E-state index is 0.0726. The average Bonchev–Trinajstić information content (AvgIpc) is 3.25. The van der Waals surface area contributed by atoms with Gasteiger partial charge in [-0.05, 0) is 48.2 Å². The van der Waals surface area contributed by atoms with Crippen molar-refractivity contribution in [2.24, 2.45) is 5.92 Å². The van der Waals surface area contributed by atoms with Crippen LogP contribution in [0.25, 0.3) is 16.8 Å². The van der Waals surface area contributed by atoms with Crippen molar-refractivity contribution in [3.05, 3.63) is 49.1 Å². The predicted octanol–water partition coefficient (Wildman–Crippen LogP) is 2.74. The lowest BCUT2D eigenvalue weighted by molar-refractivity contribution is -0.117. The van der Waals surface area contributed by atoms with Gasteiger partial charge in [0, 0.05) is 30.7 Å². The van der Waals surface area contributed by atoms with Crippen molar-refractivity contribution in [1.29, 1.82) is 0 Å². The van der Waals surface area contributed by atoms with E-state index < -0.39 is 0 Å². The molecular weight excluding hydrogens is 264 g/mol. The smallest absolute Gasteiger partial charge is 0.228 e. The molecular formula is C16H14N4O. The lowest BCUT2D eigenvalue weighted by Crippen LogP contribution is -2.14. The normalized spacial score (nSPS) is 14.3. The van der Waals surface area contributed by atoms with Crippen LogP contribution in [-0.2, 0) is 4.79 Å². The van der Waals surface area contributed by atoms with Crippen molar-refractivity contribution in [3.8, 4) is 11.1 Å². The van der Waals surface area contributed by atoms with Crippen molar-refractivity contribution in [2.75, 3.05) is 5.32 Å². The monoisotopic (exact) mass is 278 g/mol. The van der Waals surface area contributed by atoms with Crippen molar-refractivity contribution in [3.63, 3.8) is 0 Å². The molecule has 0 atom stereocenters. The van der Waals surface area contributed by atoms with Crippen LogP contribution < -0.4 is 5.32 Å². The second-order valence-electron chi connectivity index (χ2n) is 5.30. The Morgan fingerprint density at radius 2 is 1.95 bits per heavy atom. The van der Waals surface area contributed by atoms with Gasteiger partial charge in [-0.2, -0.15) is 0 Å². The first kappa shape index (κ1) is 12.1. The third-order valence-corrected chi connectivity index (χ3v) is 3.69. The van der Waals surface area contributed by atoms with Gasteiger partial charge < -0.3 is 9.72 Å². The fourth-order valence-electron chi connectivity index (χ4n) is 2.34. The summed E-state index contributed by atoms with van der Waals surface area (Å²) in [5, 5.41) is 2.88. The minimum Gasteiger partial charge on any atom is -0.310 e. The Morgan fingerprint density at radius 3 is 2.81 bits per heavy atom. The molecule has 0 unspecified atom stereocenters. The van der Waals surface area contributed by atoms with Gasteiger partial charge in [-0.3, -0.25) is 4.79 Å². The lowest BCUT2D eigenvalue weighted by Gasteiger charge is -2.06. The number of aromatic nitrogens is 3. The summed E-state index contributed by atoms with van der Waals surface area (Å²) in [5.74, 6) is 0.854. The van der Waals surface area contributed by atoms with Crippen LogP contribution in [0.3, 0.4) is 0 Å². The van der Waals surface area contributed by atoms with E-state index >= 15 is 0 Å². The first-order valence-electron chi connectivity index (χ1n) is 6.99. The number of nitrogens with one attached hydrogen (secondary N) is 1. The Morgan fingerprint density at radius 1 is 1.10 bits per heavy atom. The summed E-state index contributed by atoms with van der Waals surface area (Å²) in [7, 11) is 0. The van der Waals surface area contributed by atoms with E-state index in [4.69, 9.17) is 0 Å². The molecule has 3 aromatic rings. The molecule has 0 aliphatic heterocycles. The second kappa shape index (κ2) is 4.70. The molecule has 1 amide bonds. The molecule has 0 radical (unpaired) electrons. The Kier molecular flexibility index (Phi) is 2.70. The zero-order valence-corrected chi connectivity index (χ0v) is 11.4. The zero-order chi connectivity index (χ0) is 14.2. The van der Waals surface area contributed by atoms with E-state index in [-0.39, 0.29) is 11.8 Å². The Hall–Kier alpha value is -2.69. The van der Waals surface area contributed by atoms with Gasteiger partial charge in [0.1, 0.15) is 11.5 Å². The van der Waals surface area contributed by atoms with Crippen LogP contribution in [-0.4, -0.2) is 20.3 Å². The van der Waals surface area contributed by atoms with Gasteiger partial charge in [-0.25, -0.2) is 9.97 Å². The molecule has 1 N–H and O–H groups in total. The quantitative estimate of drug-likeness (QED) is 0.801. The molecule has 1 aliphatic carbocycles. The highest BCUT2D eigenvalue weighted by Gasteiger charge is 2.29. The van der Waals surface area contributed by atoms with Gasteiger partial charge in [0.05, 0.1) is 0 Å². The number of carbonyl (C=O) groups is 1. The molecule has 1 aliphatic rings. The highest BCUT2D eigenvalue weighted by Crippen LogP contribution is 2.30. The summed E-state index contributed by atoms with van der Waals surface area (Å²) < 4.78 is 1.96. The maximum atomic E-state index is 11.8. The Bertz CT molecular complexity index is 820. The van der Waals surface area contributed by atoms with E-state index in [9.17, 15) is 4.79 Å². The van der Waals surface area contributed by atoms with E-state index in [0.717, 1.165) is 29.6 Å². The standard InChI is InChI=1S/C16H14N4O/c21-16(11-1-2-11)19-14-9-12(3-5-17-14)13-4-7-20-8-6-18-15(20)10-13/h3-11H,1-2H2,(H,17,19,21). The third kappa shape index (κ3) is 2.38. The first-order chi connectivity index (χ1) is 10.3. The summed E-state index contributed by atoms with van der Waals surface area (Å²) in [6.45, 7) is 0. The van der Waals surface area contributed by atoms with Gasteiger partial charge in [0.2, 0.25) is 5.91 Å². The highest BCUT2D eigenvalue weighted by atomic mass is 16.2. The number of anilines is 1. The zero-order valence-electron chi connectivity index (χ0n) is 11.4. The topological polar surface area (TPSA) is 59.3 Å². The summed E-state index contributed by atoms with van der Waals surface area (Å²) in [6, 6.07) is 7.87. The molecule has 104 valence electrons. The van der Waals surface area contributed by atoms with Gasteiger partial charge >= 0.3 is 0 Å². The fourth-order valence-corrected chi connectivity index (χ4v) is 2.34. The number of nitrogens with zero attached hydrogens (tertiary/aromatic N) is 3. The number of fused-ring (bicyclic) bond motifs is 1. The van der Waals surface area contributed by atoms with Crippen molar-refractivity contribution < 1.29 is 4.79 Å². The maximum absolute atomic E-state index is 11.8. The van der Waals surface area contributed by atoms with E-state index in [1.165, 1.54) is 0 Å². The van der Waals surface area contributed by atoms with E-state index in [2.05, 4.69) is 15.3 Å². The molecule has 5 heteroatoms. The van der Waals surface area contributed by atoms with E-state index in [1.54, 1.807) is 12.4 Å². The minimum atomic E-state index is 0.0726. The predicted molar refractivity (Wildman–Crippen MR) is 79.8 cm³/mol. The van der Waals surface area contributed by atoms with Crippen LogP contribution in [0, 0.1) is 5.92 Å². The lowest BCUT2D eigenvalue weighted by atomic mass is 10.1. The molecule has 3 aromatic heterocycles. The van der Waals surface area contributed by atoms with Gasteiger partial charge in [0.25, 0.3) is 0 Å². The number of hydrogen-bond acceptors (Lipinski definition) is 3. The number of hydrogen-bond donors (Lipinski definition) is 1. The highest BCUT2D eigenvalue weighted by molar-refractivity contribution is 5.93. The second-order valence-corrected chi connectivity index (χ2v) is 5.30. The maximum Gasteiger partial charge on any atom is 0.228 e. The van der Waals surface area contributed by atoms with E-state index in [1.807, 2.05) is 41.1 Å². The molecule has 3 heterocycles. The van der Waals surface area contributed by atoms with Crippen molar-refractivity contribution in [2.45, 2.75) is 12.8 Å². The van der Waals surface area contributed by atoms with Gasteiger partial charge in [-0.15, -0.1) is 0 Å². The van der Waals surface area contributed by atoms with Crippen LogP contribution in [0.1, 0.15) is 12.8 Å². The fraction of sp³-hybridized carbons (Fsp3) is 0.188. The molecule has 1 saturated carbocycles.